The van der Waals surface area contributed by atoms with Crippen molar-refractivity contribution in [3.05, 3.63) is 56.8 Å². The molecule has 0 aliphatic rings. The van der Waals surface area contributed by atoms with Gasteiger partial charge in [0.25, 0.3) is 5.91 Å². The summed E-state index contributed by atoms with van der Waals surface area (Å²) in [5.41, 5.74) is 4.02. The molecule has 21 heavy (non-hydrogen) atoms. The molecule has 1 N–H and O–H groups in total. The van der Waals surface area contributed by atoms with Crippen LogP contribution in [0.3, 0.4) is 0 Å². The van der Waals surface area contributed by atoms with Crippen LogP contribution in [0.1, 0.15) is 21.6 Å². The maximum Gasteiger partial charge on any atom is 0.266 e. The molecule has 0 saturated heterocycles. The molecule has 3 nitrogen and oxygen atoms in total. The van der Waals surface area contributed by atoms with Gasteiger partial charge in [-0.25, -0.2) is 0 Å². The number of nitrogens with zero attached hydrogens (tertiary/aromatic N) is 1. The minimum absolute atomic E-state index is 0.108. The van der Waals surface area contributed by atoms with E-state index in [1.165, 1.54) is 11.3 Å². The molecule has 0 unspecified atom stereocenters. The summed E-state index contributed by atoms with van der Waals surface area (Å²) in [5, 5.41) is 13.9. The Labute approximate surface area is 128 Å². The number of amides is 1. The Morgan fingerprint density at radius 1 is 1.29 bits per heavy atom. The van der Waals surface area contributed by atoms with Crippen LogP contribution in [0.5, 0.6) is 0 Å². The molecule has 1 aromatic heterocycles. The Morgan fingerprint density at radius 3 is 2.48 bits per heavy atom. The van der Waals surface area contributed by atoms with Gasteiger partial charge < -0.3 is 5.32 Å². The van der Waals surface area contributed by atoms with E-state index in [4.69, 9.17) is 0 Å². The number of hydrogen-bond acceptors (Lipinski definition) is 3. The Bertz CT molecular complexity index is 714. The molecule has 0 saturated carbocycles. The van der Waals surface area contributed by atoms with E-state index in [9.17, 15) is 10.1 Å². The first-order chi connectivity index (χ1) is 10.0. The number of anilines is 1. The summed E-state index contributed by atoms with van der Waals surface area (Å²) < 4.78 is 0. The summed E-state index contributed by atoms with van der Waals surface area (Å²) in [7, 11) is 0. The van der Waals surface area contributed by atoms with Gasteiger partial charge in [0.1, 0.15) is 11.6 Å². The van der Waals surface area contributed by atoms with Crippen molar-refractivity contribution in [2.45, 2.75) is 20.8 Å². The largest absolute Gasteiger partial charge is 0.321 e. The van der Waals surface area contributed by atoms with Gasteiger partial charge in [-0.2, -0.15) is 5.26 Å². The van der Waals surface area contributed by atoms with Crippen molar-refractivity contribution >= 4 is 29.0 Å². The van der Waals surface area contributed by atoms with Crippen molar-refractivity contribution in [3.8, 4) is 6.07 Å². The van der Waals surface area contributed by atoms with E-state index in [1.807, 2.05) is 56.5 Å². The molecule has 1 heterocycles. The van der Waals surface area contributed by atoms with Gasteiger partial charge in [0.2, 0.25) is 0 Å². The molecule has 0 radical (unpaired) electrons. The molecule has 0 atom stereocenters. The second kappa shape index (κ2) is 6.38. The van der Waals surface area contributed by atoms with Gasteiger partial charge >= 0.3 is 0 Å². The van der Waals surface area contributed by atoms with Crippen LogP contribution in [0.15, 0.2) is 35.2 Å². The number of nitriles is 1. The third-order valence-corrected chi connectivity index (χ3v) is 3.93. The topological polar surface area (TPSA) is 52.9 Å². The van der Waals surface area contributed by atoms with Gasteiger partial charge in [0, 0.05) is 10.6 Å². The predicted octanol–water partition coefficient (Wildman–Crippen LogP) is 4.22. The minimum Gasteiger partial charge on any atom is -0.321 e. The summed E-state index contributed by atoms with van der Waals surface area (Å²) in [4.78, 5) is 13.2. The number of hydrogen-bond donors (Lipinski definition) is 1. The van der Waals surface area contributed by atoms with E-state index >= 15 is 0 Å². The summed E-state index contributed by atoms with van der Waals surface area (Å²) in [6, 6.07) is 9.75. The van der Waals surface area contributed by atoms with Crippen LogP contribution in [-0.4, -0.2) is 5.91 Å². The van der Waals surface area contributed by atoms with Gasteiger partial charge in [-0.3, -0.25) is 4.79 Å². The third-order valence-electron chi connectivity index (χ3n) is 3.11. The number of carbonyl (C=O) groups excluding carboxylic acids is 1. The standard InChI is InChI=1S/C17H16N2OS/c1-11-7-12(2)16(13(3)8-11)19-17(20)14(10-18)9-15-5-4-6-21-15/h4-9H,1-3H3,(H,19,20)/b14-9+. The molecule has 4 heteroatoms. The van der Waals surface area contributed by atoms with Crippen LogP contribution in [0, 0.1) is 32.1 Å². The van der Waals surface area contributed by atoms with E-state index in [0.717, 1.165) is 27.3 Å². The average molecular weight is 296 g/mol. The summed E-state index contributed by atoms with van der Waals surface area (Å²) >= 11 is 1.49. The zero-order chi connectivity index (χ0) is 15.4. The Balaban J connectivity index is 2.27. The van der Waals surface area contributed by atoms with Gasteiger partial charge in [-0.15, -0.1) is 11.3 Å². The molecule has 0 aliphatic heterocycles. The number of nitrogens with one attached hydrogen (secondary N) is 1. The third kappa shape index (κ3) is 3.59. The van der Waals surface area contributed by atoms with Gasteiger partial charge in [0.15, 0.2) is 0 Å². The highest BCUT2D eigenvalue weighted by molar-refractivity contribution is 7.10. The maximum atomic E-state index is 12.3. The van der Waals surface area contributed by atoms with Crippen LogP contribution >= 0.6 is 11.3 Å². The first-order valence-corrected chi connectivity index (χ1v) is 7.43. The fraction of sp³-hybridized carbons (Fsp3) is 0.176. The van der Waals surface area contributed by atoms with E-state index in [1.54, 1.807) is 6.08 Å². The average Bonchev–Trinajstić information content (AvgIpc) is 2.92. The maximum absolute atomic E-state index is 12.3. The monoisotopic (exact) mass is 296 g/mol. The van der Waals surface area contributed by atoms with Gasteiger partial charge in [0.05, 0.1) is 0 Å². The fourth-order valence-electron chi connectivity index (χ4n) is 2.22. The highest BCUT2D eigenvalue weighted by Crippen LogP contribution is 2.23. The van der Waals surface area contributed by atoms with Crippen molar-refractivity contribution in [1.29, 1.82) is 5.26 Å². The first kappa shape index (κ1) is 15.0. The molecule has 0 fully saturated rings. The van der Waals surface area contributed by atoms with E-state index in [2.05, 4.69) is 5.32 Å². The number of benzene rings is 1. The predicted molar refractivity (Wildman–Crippen MR) is 87.2 cm³/mol. The van der Waals surface area contributed by atoms with Crippen molar-refractivity contribution in [3.63, 3.8) is 0 Å². The van der Waals surface area contributed by atoms with Crippen molar-refractivity contribution < 1.29 is 4.79 Å². The second-order valence-electron chi connectivity index (χ2n) is 4.91. The lowest BCUT2D eigenvalue weighted by Crippen LogP contribution is -2.15. The SMILES string of the molecule is Cc1cc(C)c(NC(=O)/C(C#N)=C/c2cccs2)c(C)c1. The Hall–Kier alpha value is -2.38. The Kier molecular flexibility index (Phi) is 4.56. The summed E-state index contributed by atoms with van der Waals surface area (Å²) in [6.45, 7) is 5.91. The van der Waals surface area contributed by atoms with Crippen molar-refractivity contribution in [1.82, 2.24) is 0 Å². The molecule has 0 bridgehead atoms. The molecule has 0 aliphatic carbocycles. The molecule has 2 aromatic rings. The van der Waals surface area contributed by atoms with E-state index in [0.29, 0.717) is 0 Å². The molecule has 1 aromatic carbocycles. The lowest BCUT2D eigenvalue weighted by atomic mass is 10.0. The zero-order valence-corrected chi connectivity index (χ0v) is 13.0. The molecule has 106 valence electrons. The van der Waals surface area contributed by atoms with Crippen LogP contribution in [-0.2, 0) is 4.79 Å². The van der Waals surface area contributed by atoms with Crippen LogP contribution in [0.2, 0.25) is 0 Å². The second-order valence-corrected chi connectivity index (χ2v) is 5.89. The van der Waals surface area contributed by atoms with Gasteiger partial charge in [-0.05, 0) is 49.4 Å². The quantitative estimate of drug-likeness (QED) is 0.681. The van der Waals surface area contributed by atoms with E-state index in [-0.39, 0.29) is 11.5 Å². The normalized spacial score (nSPS) is 11.0. The molecular formula is C17H16N2OS. The molecule has 0 spiro atoms. The van der Waals surface area contributed by atoms with Gasteiger partial charge in [-0.1, -0.05) is 23.8 Å². The van der Waals surface area contributed by atoms with Crippen molar-refractivity contribution in [2.24, 2.45) is 0 Å². The van der Waals surface area contributed by atoms with E-state index < -0.39 is 0 Å². The Morgan fingerprint density at radius 2 is 1.95 bits per heavy atom. The zero-order valence-electron chi connectivity index (χ0n) is 12.2. The number of carbonyl (C=O) groups is 1. The fourth-order valence-corrected chi connectivity index (χ4v) is 2.88. The lowest BCUT2D eigenvalue weighted by Gasteiger charge is -2.12. The number of thiophene rings is 1. The number of aryl methyl sites for hydroxylation is 3. The van der Waals surface area contributed by atoms with Crippen LogP contribution < -0.4 is 5.32 Å². The molecular weight excluding hydrogens is 280 g/mol. The smallest absolute Gasteiger partial charge is 0.266 e. The lowest BCUT2D eigenvalue weighted by molar-refractivity contribution is -0.112. The van der Waals surface area contributed by atoms with Crippen molar-refractivity contribution in [2.75, 3.05) is 5.32 Å². The molecule has 1 amide bonds. The minimum atomic E-state index is -0.374. The molecule has 2 rings (SSSR count). The highest BCUT2D eigenvalue weighted by Gasteiger charge is 2.13. The summed E-state index contributed by atoms with van der Waals surface area (Å²) in [5.74, 6) is -0.374. The summed E-state index contributed by atoms with van der Waals surface area (Å²) in [6.07, 6.45) is 1.61. The van der Waals surface area contributed by atoms with Crippen LogP contribution in [0.25, 0.3) is 6.08 Å². The highest BCUT2D eigenvalue weighted by atomic mass is 32.1. The number of rotatable bonds is 3. The first-order valence-electron chi connectivity index (χ1n) is 6.55. The van der Waals surface area contributed by atoms with Crippen LogP contribution in [0.4, 0.5) is 5.69 Å².